The van der Waals surface area contributed by atoms with E-state index in [0.29, 0.717) is 26.2 Å². The van der Waals surface area contributed by atoms with E-state index in [4.69, 9.17) is 16.3 Å². The van der Waals surface area contributed by atoms with Crippen molar-refractivity contribution in [3.8, 4) is 5.75 Å². The van der Waals surface area contributed by atoms with E-state index in [1.54, 1.807) is 9.80 Å². The van der Waals surface area contributed by atoms with Crippen LogP contribution in [0.4, 0.5) is 4.39 Å². The van der Waals surface area contributed by atoms with Crippen LogP contribution in [0.3, 0.4) is 0 Å². The van der Waals surface area contributed by atoms with Crippen LogP contribution in [0.5, 0.6) is 5.75 Å². The van der Waals surface area contributed by atoms with E-state index in [1.807, 2.05) is 12.1 Å². The maximum Gasteiger partial charge on any atom is 0.260 e. The molecule has 29 heavy (non-hydrogen) atoms. The number of aryl methyl sites for hydroxylation is 2. The van der Waals surface area contributed by atoms with Crippen LogP contribution in [-0.4, -0.2) is 54.4 Å². The molecule has 0 spiro atoms. The highest BCUT2D eigenvalue weighted by Crippen LogP contribution is 2.26. The highest BCUT2D eigenvalue weighted by atomic mass is 35.5. The van der Waals surface area contributed by atoms with Gasteiger partial charge in [0.1, 0.15) is 11.6 Å². The summed E-state index contributed by atoms with van der Waals surface area (Å²) >= 11 is 5.99. The number of nitrogens with zero attached hydrogens (tertiary/aromatic N) is 2. The fraction of sp³-hybridized carbons (Fsp3) is 0.364. The zero-order chi connectivity index (χ0) is 20.4. The van der Waals surface area contributed by atoms with Gasteiger partial charge in [0, 0.05) is 26.2 Å². The van der Waals surface area contributed by atoms with Crippen LogP contribution in [0.15, 0.2) is 36.4 Å². The second-order valence-corrected chi connectivity index (χ2v) is 7.78. The third-order valence-corrected chi connectivity index (χ3v) is 5.83. The molecule has 1 aliphatic heterocycles. The Hall–Kier alpha value is -2.60. The van der Waals surface area contributed by atoms with E-state index >= 15 is 0 Å². The third kappa shape index (κ3) is 4.37. The Balaban J connectivity index is 1.28. The van der Waals surface area contributed by atoms with Gasteiger partial charge in [-0.15, -0.1) is 0 Å². The lowest BCUT2D eigenvalue weighted by Gasteiger charge is -2.34. The molecule has 1 saturated heterocycles. The number of hydrogen-bond donors (Lipinski definition) is 0. The predicted octanol–water partition coefficient (Wildman–Crippen LogP) is 3.33. The van der Waals surface area contributed by atoms with Crippen molar-refractivity contribution in [2.75, 3.05) is 32.8 Å². The number of amides is 2. The number of ether oxygens (including phenoxy) is 1. The quantitative estimate of drug-likeness (QED) is 0.768. The monoisotopic (exact) mass is 416 g/mol. The molecule has 2 amide bonds. The summed E-state index contributed by atoms with van der Waals surface area (Å²) in [5.74, 6) is -0.113. The number of fused-ring (bicyclic) bond motifs is 1. The number of rotatable bonds is 4. The molecule has 0 bridgehead atoms. The molecule has 1 aliphatic carbocycles. The van der Waals surface area contributed by atoms with Gasteiger partial charge in [0.25, 0.3) is 11.8 Å². The summed E-state index contributed by atoms with van der Waals surface area (Å²) in [5.41, 5.74) is 2.94. The van der Waals surface area contributed by atoms with Gasteiger partial charge in [-0.25, -0.2) is 4.39 Å². The summed E-state index contributed by atoms with van der Waals surface area (Å²) in [6.07, 6.45) is 3.35. The maximum absolute atomic E-state index is 13.2. The molecule has 7 heteroatoms. The molecule has 152 valence electrons. The first-order chi connectivity index (χ1) is 14.0. The van der Waals surface area contributed by atoms with Gasteiger partial charge >= 0.3 is 0 Å². The summed E-state index contributed by atoms with van der Waals surface area (Å²) < 4.78 is 18.9. The Morgan fingerprint density at radius 1 is 0.966 bits per heavy atom. The van der Waals surface area contributed by atoms with Crippen LogP contribution in [0.2, 0.25) is 5.02 Å². The van der Waals surface area contributed by atoms with E-state index in [2.05, 4.69) is 6.07 Å². The van der Waals surface area contributed by atoms with E-state index in [-0.39, 0.29) is 29.0 Å². The standard InChI is InChI=1S/C22H22ClFN2O3/c23-20-13-17(24)5-7-19(20)22(28)26-10-8-25(9-11-26)21(27)14-29-18-6-4-15-2-1-3-16(15)12-18/h4-7,12-13H,1-3,8-11,14H2. The molecule has 0 N–H and O–H groups in total. The third-order valence-electron chi connectivity index (χ3n) is 5.51. The van der Waals surface area contributed by atoms with Crippen molar-refractivity contribution < 1.29 is 18.7 Å². The molecule has 0 aromatic heterocycles. The lowest BCUT2D eigenvalue weighted by atomic mass is 10.1. The second kappa shape index (κ2) is 8.41. The van der Waals surface area contributed by atoms with E-state index < -0.39 is 5.82 Å². The van der Waals surface area contributed by atoms with Crippen LogP contribution < -0.4 is 4.74 Å². The van der Waals surface area contributed by atoms with Crippen molar-refractivity contribution in [3.63, 3.8) is 0 Å². The van der Waals surface area contributed by atoms with Crippen molar-refractivity contribution >= 4 is 23.4 Å². The largest absolute Gasteiger partial charge is 0.484 e. The van der Waals surface area contributed by atoms with Crippen molar-refractivity contribution in [3.05, 3.63) is 63.9 Å². The van der Waals surface area contributed by atoms with Crippen LogP contribution in [0.1, 0.15) is 27.9 Å². The summed E-state index contributed by atoms with van der Waals surface area (Å²) in [7, 11) is 0. The van der Waals surface area contributed by atoms with Gasteiger partial charge in [-0.2, -0.15) is 0 Å². The Labute approximate surface area is 174 Å². The molecule has 0 saturated carbocycles. The van der Waals surface area contributed by atoms with Crippen molar-refractivity contribution in [1.82, 2.24) is 9.80 Å². The van der Waals surface area contributed by atoms with Crippen molar-refractivity contribution in [2.24, 2.45) is 0 Å². The highest BCUT2D eigenvalue weighted by Gasteiger charge is 2.26. The van der Waals surface area contributed by atoms with Crippen LogP contribution in [-0.2, 0) is 17.6 Å². The zero-order valence-electron chi connectivity index (χ0n) is 16.0. The van der Waals surface area contributed by atoms with Gasteiger partial charge in [-0.05, 0) is 60.7 Å². The molecule has 2 aliphatic rings. The first-order valence-electron chi connectivity index (χ1n) is 9.78. The van der Waals surface area contributed by atoms with E-state index in [0.717, 1.165) is 24.7 Å². The molecular weight excluding hydrogens is 395 g/mol. The average Bonchev–Trinajstić information content (AvgIpc) is 3.19. The zero-order valence-corrected chi connectivity index (χ0v) is 16.8. The minimum atomic E-state index is -0.481. The number of halogens is 2. The van der Waals surface area contributed by atoms with Crippen molar-refractivity contribution in [1.29, 1.82) is 0 Å². The maximum atomic E-state index is 13.2. The Bertz CT molecular complexity index is 942. The lowest BCUT2D eigenvalue weighted by molar-refractivity contribution is -0.134. The highest BCUT2D eigenvalue weighted by molar-refractivity contribution is 6.33. The van der Waals surface area contributed by atoms with Crippen LogP contribution in [0.25, 0.3) is 0 Å². The fourth-order valence-electron chi connectivity index (χ4n) is 3.87. The smallest absolute Gasteiger partial charge is 0.260 e. The van der Waals surface area contributed by atoms with Gasteiger partial charge in [-0.3, -0.25) is 9.59 Å². The normalized spacial score (nSPS) is 15.9. The minimum Gasteiger partial charge on any atom is -0.484 e. The molecule has 1 fully saturated rings. The number of carbonyl (C=O) groups is 2. The van der Waals surface area contributed by atoms with Crippen molar-refractivity contribution in [2.45, 2.75) is 19.3 Å². The number of carbonyl (C=O) groups excluding carboxylic acids is 2. The van der Waals surface area contributed by atoms with Gasteiger partial charge in [-0.1, -0.05) is 17.7 Å². The average molecular weight is 417 g/mol. The Morgan fingerprint density at radius 2 is 1.69 bits per heavy atom. The fourth-order valence-corrected chi connectivity index (χ4v) is 4.11. The first kappa shape index (κ1) is 19.7. The summed E-state index contributed by atoms with van der Waals surface area (Å²) in [6.45, 7) is 1.64. The first-order valence-corrected chi connectivity index (χ1v) is 10.2. The Morgan fingerprint density at radius 3 is 2.45 bits per heavy atom. The minimum absolute atomic E-state index is 0.0173. The summed E-state index contributed by atoms with van der Waals surface area (Å²) in [4.78, 5) is 28.4. The summed E-state index contributed by atoms with van der Waals surface area (Å²) in [5, 5.41) is 0.0938. The predicted molar refractivity (Wildman–Crippen MR) is 108 cm³/mol. The number of piperazine rings is 1. The van der Waals surface area contributed by atoms with Gasteiger partial charge in [0.05, 0.1) is 10.6 Å². The van der Waals surface area contributed by atoms with E-state index in [1.165, 1.54) is 29.7 Å². The SMILES string of the molecule is O=C(COc1ccc2c(c1)CCC2)N1CCN(C(=O)c2ccc(F)cc2Cl)CC1. The lowest BCUT2D eigenvalue weighted by Crippen LogP contribution is -2.51. The van der Waals surface area contributed by atoms with Crippen LogP contribution in [0, 0.1) is 5.82 Å². The molecule has 1 heterocycles. The molecule has 5 nitrogen and oxygen atoms in total. The molecule has 2 aromatic rings. The van der Waals surface area contributed by atoms with Crippen LogP contribution >= 0.6 is 11.6 Å². The van der Waals surface area contributed by atoms with Gasteiger partial charge < -0.3 is 14.5 Å². The topological polar surface area (TPSA) is 49.9 Å². The second-order valence-electron chi connectivity index (χ2n) is 7.37. The molecule has 0 radical (unpaired) electrons. The molecule has 4 rings (SSSR count). The molecular formula is C22H22ClFN2O3. The number of hydrogen-bond acceptors (Lipinski definition) is 3. The Kier molecular flexibility index (Phi) is 5.72. The molecule has 2 aromatic carbocycles. The number of benzene rings is 2. The van der Waals surface area contributed by atoms with Gasteiger partial charge in [0.15, 0.2) is 6.61 Å². The molecule has 0 unspecified atom stereocenters. The summed E-state index contributed by atoms with van der Waals surface area (Å²) in [6, 6.07) is 9.76. The van der Waals surface area contributed by atoms with Gasteiger partial charge in [0.2, 0.25) is 0 Å². The molecule has 0 atom stereocenters. The van der Waals surface area contributed by atoms with E-state index in [9.17, 15) is 14.0 Å².